The van der Waals surface area contributed by atoms with Gasteiger partial charge in [0.05, 0.1) is 6.42 Å². The summed E-state index contributed by atoms with van der Waals surface area (Å²) in [5.74, 6) is 0. The van der Waals surface area contributed by atoms with E-state index in [0.717, 1.165) is 16.8 Å². The first-order valence-electron chi connectivity index (χ1n) is 5.18. The van der Waals surface area contributed by atoms with Crippen molar-refractivity contribution in [1.82, 2.24) is 0 Å². The molecular weight excluding hydrogens is 215 g/mol. The van der Waals surface area contributed by atoms with Gasteiger partial charge in [0.1, 0.15) is 0 Å². The summed E-state index contributed by atoms with van der Waals surface area (Å²) in [6.45, 7) is 5.33. The van der Waals surface area contributed by atoms with E-state index in [0.29, 0.717) is 0 Å². The van der Waals surface area contributed by atoms with Crippen molar-refractivity contribution in [2.75, 3.05) is 5.32 Å². The van der Waals surface area contributed by atoms with Crippen LogP contribution in [-0.2, 0) is 0 Å². The standard InChI is InChI=1S/C12H16F3N/c1-8-4-5-9(2)11(6-8)16-10(3)7-12(13,14)15/h4-6,10,16H,7H2,1-3H3. The van der Waals surface area contributed by atoms with Gasteiger partial charge in [-0.05, 0) is 38.0 Å². The zero-order valence-corrected chi connectivity index (χ0v) is 9.65. The molecule has 0 spiro atoms. The van der Waals surface area contributed by atoms with Crippen molar-refractivity contribution >= 4 is 5.69 Å². The van der Waals surface area contributed by atoms with Gasteiger partial charge >= 0.3 is 6.18 Å². The van der Waals surface area contributed by atoms with Gasteiger partial charge in [0.25, 0.3) is 0 Å². The van der Waals surface area contributed by atoms with Crippen molar-refractivity contribution in [3.63, 3.8) is 0 Å². The van der Waals surface area contributed by atoms with E-state index in [2.05, 4.69) is 5.32 Å². The van der Waals surface area contributed by atoms with Crippen molar-refractivity contribution in [2.45, 2.75) is 39.4 Å². The number of halogens is 3. The zero-order chi connectivity index (χ0) is 12.3. The summed E-state index contributed by atoms with van der Waals surface area (Å²) in [7, 11) is 0. The molecule has 0 aliphatic carbocycles. The summed E-state index contributed by atoms with van der Waals surface area (Å²) in [6.07, 6.45) is -4.94. The van der Waals surface area contributed by atoms with Crippen LogP contribution in [0.5, 0.6) is 0 Å². The topological polar surface area (TPSA) is 12.0 Å². The predicted molar refractivity (Wildman–Crippen MR) is 59.7 cm³/mol. The normalized spacial score (nSPS) is 13.6. The Kier molecular flexibility index (Phi) is 3.83. The van der Waals surface area contributed by atoms with E-state index in [-0.39, 0.29) is 0 Å². The molecule has 0 saturated carbocycles. The predicted octanol–water partition coefficient (Wildman–Crippen LogP) is 4.06. The lowest BCUT2D eigenvalue weighted by molar-refractivity contribution is -0.136. The lowest BCUT2D eigenvalue weighted by atomic mass is 10.1. The molecule has 0 aliphatic heterocycles. The fraction of sp³-hybridized carbons (Fsp3) is 0.500. The highest BCUT2D eigenvalue weighted by atomic mass is 19.4. The van der Waals surface area contributed by atoms with Gasteiger partial charge in [0, 0.05) is 11.7 Å². The molecular formula is C12H16F3N. The number of nitrogens with one attached hydrogen (secondary N) is 1. The second kappa shape index (κ2) is 4.76. The van der Waals surface area contributed by atoms with Gasteiger partial charge in [-0.25, -0.2) is 0 Å². The maximum atomic E-state index is 12.1. The first-order valence-corrected chi connectivity index (χ1v) is 5.18. The van der Waals surface area contributed by atoms with Crippen LogP contribution in [0.15, 0.2) is 18.2 Å². The highest BCUT2D eigenvalue weighted by Gasteiger charge is 2.29. The molecule has 1 aromatic carbocycles. The fourth-order valence-electron chi connectivity index (χ4n) is 1.56. The quantitative estimate of drug-likeness (QED) is 0.827. The Labute approximate surface area is 93.7 Å². The highest BCUT2D eigenvalue weighted by molar-refractivity contribution is 5.53. The minimum Gasteiger partial charge on any atom is -0.382 e. The van der Waals surface area contributed by atoms with E-state index in [1.54, 1.807) is 0 Å². The molecule has 0 saturated heterocycles. The van der Waals surface area contributed by atoms with Gasteiger partial charge in [-0.3, -0.25) is 0 Å². The van der Waals surface area contributed by atoms with Gasteiger partial charge in [-0.1, -0.05) is 12.1 Å². The molecule has 0 fully saturated rings. The molecule has 1 aromatic rings. The third kappa shape index (κ3) is 4.13. The second-order valence-electron chi connectivity index (χ2n) is 4.18. The lowest BCUT2D eigenvalue weighted by Crippen LogP contribution is -2.24. The summed E-state index contributed by atoms with van der Waals surface area (Å²) < 4.78 is 36.4. The van der Waals surface area contributed by atoms with Crippen molar-refractivity contribution in [3.05, 3.63) is 29.3 Å². The summed E-state index contributed by atoms with van der Waals surface area (Å²) in [5.41, 5.74) is 2.77. The molecule has 1 unspecified atom stereocenters. The van der Waals surface area contributed by atoms with E-state index < -0.39 is 18.6 Å². The Morgan fingerprint density at radius 3 is 2.44 bits per heavy atom. The zero-order valence-electron chi connectivity index (χ0n) is 9.65. The van der Waals surface area contributed by atoms with Gasteiger partial charge in [-0.2, -0.15) is 13.2 Å². The monoisotopic (exact) mass is 231 g/mol. The molecule has 0 aliphatic rings. The Morgan fingerprint density at radius 2 is 1.88 bits per heavy atom. The van der Waals surface area contributed by atoms with E-state index in [1.165, 1.54) is 6.92 Å². The van der Waals surface area contributed by atoms with Gasteiger partial charge in [-0.15, -0.1) is 0 Å². The molecule has 1 rings (SSSR count). The molecule has 90 valence electrons. The van der Waals surface area contributed by atoms with Crippen LogP contribution in [0.25, 0.3) is 0 Å². The van der Waals surface area contributed by atoms with Crippen LogP contribution in [0.1, 0.15) is 24.5 Å². The fourth-order valence-corrected chi connectivity index (χ4v) is 1.56. The number of rotatable bonds is 3. The van der Waals surface area contributed by atoms with Crippen LogP contribution >= 0.6 is 0 Å². The largest absolute Gasteiger partial charge is 0.391 e. The third-order valence-electron chi connectivity index (χ3n) is 2.33. The smallest absolute Gasteiger partial charge is 0.382 e. The first kappa shape index (κ1) is 12.9. The number of hydrogen-bond donors (Lipinski definition) is 1. The van der Waals surface area contributed by atoms with Crippen LogP contribution in [0.4, 0.5) is 18.9 Å². The van der Waals surface area contributed by atoms with E-state index in [1.807, 2.05) is 32.0 Å². The van der Waals surface area contributed by atoms with E-state index in [9.17, 15) is 13.2 Å². The van der Waals surface area contributed by atoms with Crippen molar-refractivity contribution < 1.29 is 13.2 Å². The molecule has 0 heterocycles. The summed E-state index contributed by atoms with van der Waals surface area (Å²) >= 11 is 0. The van der Waals surface area contributed by atoms with Crippen molar-refractivity contribution in [1.29, 1.82) is 0 Å². The average molecular weight is 231 g/mol. The van der Waals surface area contributed by atoms with Crippen LogP contribution in [0.3, 0.4) is 0 Å². The summed E-state index contributed by atoms with van der Waals surface area (Å²) in [6, 6.07) is 5.09. The molecule has 1 N–H and O–H groups in total. The molecule has 0 amide bonds. The third-order valence-corrected chi connectivity index (χ3v) is 2.33. The number of aryl methyl sites for hydroxylation is 2. The molecule has 0 radical (unpaired) electrons. The Bertz CT molecular complexity index is 358. The van der Waals surface area contributed by atoms with Crippen LogP contribution in [0, 0.1) is 13.8 Å². The van der Waals surface area contributed by atoms with Crippen molar-refractivity contribution in [2.24, 2.45) is 0 Å². The van der Waals surface area contributed by atoms with Crippen LogP contribution in [0.2, 0.25) is 0 Å². The maximum Gasteiger partial charge on any atom is 0.391 e. The number of hydrogen-bond acceptors (Lipinski definition) is 1. The first-order chi connectivity index (χ1) is 7.28. The average Bonchev–Trinajstić information content (AvgIpc) is 2.08. The molecule has 4 heteroatoms. The number of alkyl halides is 3. The Balaban J connectivity index is 2.69. The molecule has 1 nitrogen and oxygen atoms in total. The van der Waals surface area contributed by atoms with Crippen molar-refractivity contribution in [3.8, 4) is 0 Å². The molecule has 1 atom stereocenters. The Hall–Kier alpha value is -1.19. The summed E-state index contributed by atoms with van der Waals surface area (Å²) in [5, 5.41) is 2.89. The number of anilines is 1. The van der Waals surface area contributed by atoms with Crippen LogP contribution in [-0.4, -0.2) is 12.2 Å². The molecule has 16 heavy (non-hydrogen) atoms. The highest BCUT2D eigenvalue weighted by Crippen LogP contribution is 2.24. The van der Waals surface area contributed by atoms with Gasteiger partial charge in [0.15, 0.2) is 0 Å². The van der Waals surface area contributed by atoms with E-state index >= 15 is 0 Å². The van der Waals surface area contributed by atoms with Gasteiger partial charge < -0.3 is 5.32 Å². The molecule has 0 bridgehead atoms. The van der Waals surface area contributed by atoms with Crippen LogP contribution < -0.4 is 5.32 Å². The summed E-state index contributed by atoms with van der Waals surface area (Å²) in [4.78, 5) is 0. The molecule has 0 aromatic heterocycles. The Morgan fingerprint density at radius 1 is 1.25 bits per heavy atom. The lowest BCUT2D eigenvalue weighted by Gasteiger charge is -2.18. The second-order valence-corrected chi connectivity index (χ2v) is 4.18. The van der Waals surface area contributed by atoms with Gasteiger partial charge in [0.2, 0.25) is 0 Å². The SMILES string of the molecule is Cc1ccc(C)c(NC(C)CC(F)(F)F)c1. The van der Waals surface area contributed by atoms with E-state index in [4.69, 9.17) is 0 Å². The minimum atomic E-state index is -4.12. The number of benzene rings is 1. The maximum absolute atomic E-state index is 12.1. The minimum absolute atomic E-state index is 0.611.